The first-order valence-corrected chi connectivity index (χ1v) is 5.89. The summed E-state index contributed by atoms with van der Waals surface area (Å²) in [5, 5.41) is 21.8. The van der Waals surface area contributed by atoms with E-state index in [0.29, 0.717) is 12.0 Å². The van der Waals surface area contributed by atoms with Gasteiger partial charge in [-0.2, -0.15) is 0 Å². The van der Waals surface area contributed by atoms with Crippen molar-refractivity contribution in [3.8, 4) is 0 Å². The first kappa shape index (κ1) is 14.1. The number of nitrogens with zero attached hydrogens (tertiary/aromatic N) is 2. The largest absolute Gasteiger partial charge is 0.457 e. The first-order chi connectivity index (χ1) is 8.57. The van der Waals surface area contributed by atoms with E-state index in [9.17, 15) is 20.2 Å². The Morgan fingerprint density at radius 3 is 2.11 bits per heavy atom. The summed E-state index contributed by atoms with van der Waals surface area (Å²) in [6.45, 7) is 1.95. The van der Waals surface area contributed by atoms with E-state index in [4.69, 9.17) is 0 Å². The lowest BCUT2D eigenvalue weighted by Gasteiger charge is -2.15. The molecule has 6 nitrogen and oxygen atoms in total. The maximum absolute atomic E-state index is 10.9. The minimum absolute atomic E-state index is 0.452. The molecule has 0 radical (unpaired) electrons. The van der Waals surface area contributed by atoms with Crippen LogP contribution in [0.1, 0.15) is 37.7 Å². The maximum Gasteiger partial charge on any atom is 0.457 e. The van der Waals surface area contributed by atoms with E-state index < -0.39 is 21.9 Å². The molecule has 0 bridgehead atoms. The Morgan fingerprint density at radius 2 is 1.67 bits per heavy atom. The van der Waals surface area contributed by atoms with Crippen molar-refractivity contribution in [3.63, 3.8) is 0 Å². The summed E-state index contributed by atoms with van der Waals surface area (Å²) in [4.78, 5) is 20.2. The first-order valence-electron chi connectivity index (χ1n) is 5.89. The molecule has 1 aromatic rings. The van der Waals surface area contributed by atoms with Gasteiger partial charge in [-0.05, 0) is 12.0 Å². The van der Waals surface area contributed by atoms with Gasteiger partial charge in [0.25, 0.3) is 0 Å². The fourth-order valence-electron chi connectivity index (χ4n) is 1.98. The van der Waals surface area contributed by atoms with Gasteiger partial charge in [0.2, 0.25) is 0 Å². The molecule has 1 rings (SSSR count). The zero-order chi connectivity index (χ0) is 13.5. The van der Waals surface area contributed by atoms with Gasteiger partial charge in [0.15, 0.2) is 0 Å². The molecule has 1 unspecified atom stereocenters. The minimum Gasteiger partial charge on any atom is -0.259 e. The van der Waals surface area contributed by atoms with Crippen LogP contribution >= 0.6 is 0 Å². The Kier molecular flexibility index (Phi) is 5.23. The minimum atomic E-state index is -1.76. The Hall–Kier alpha value is -1.98. The summed E-state index contributed by atoms with van der Waals surface area (Å²) in [5.41, 5.74) is 0.657. The van der Waals surface area contributed by atoms with E-state index in [-0.39, 0.29) is 0 Å². The summed E-state index contributed by atoms with van der Waals surface area (Å²) >= 11 is 0. The fraction of sp³-hybridized carbons (Fsp3) is 0.500. The third kappa shape index (κ3) is 3.51. The molecule has 0 saturated carbocycles. The van der Waals surface area contributed by atoms with E-state index in [2.05, 4.69) is 0 Å². The van der Waals surface area contributed by atoms with Crippen molar-refractivity contribution in [2.24, 2.45) is 0 Å². The predicted octanol–water partition coefficient (Wildman–Crippen LogP) is 2.84. The lowest BCUT2D eigenvalue weighted by molar-refractivity contribution is -0.746. The number of nitro groups is 2. The second-order valence-electron chi connectivity index (χ2n) is 4.14. The normalized spacial score (nSPS) is 12.3. The van der Waals surface area contributed by atoms with E-state index in [0.717, 1.165) is 12.8 Å². The lowest BCUT2D eigenvalue weighted by atomic mass is 9.91. The molecule has 0 aliphatic carbocycles. The number of rotatable bonds is 7. The van der Waals surface area contributed by atoms with Crippen molar-refractivity contribution < 1.29 is 9.85 Å². The molecule has 0 heterocycles. The smallest absolute Gasteiger partial charge is 0.259 e. The Labute approximate surface area is 105 Å². The molecule has 0 saturated heterocycles. The molecule has 6 heteroatoms. The average molecular weight is 252 g/mol. The average Bonchev–Trinajstić information content (AvgIpc) is 2.34. The van der Waals surface area contributed by atoms with Crippen LogP contribution in [0.3, 0.4) is 0 Å². The van der Waals surface area contributed by atoms with Crippen LogP contribution < -0.4 is 0 Å². The zero-order valence-electron chi connectivity index (χ0n) is 10.2. The topological polar surface area (TPSA) is 86.3 Å². The summed E-state index contributed by atoms with van der Waals surface area (Å²) in [7, 11) is 0. The molecule has 18 heavy (non-hydrogen) atoms. The van der Waals surface area contributed by atoms with Gasteiger partial charge in [-0.3, -0.25) is 20.2 Å². The molecule has 0 amide bonds. The van der Waals surface area contributed by atoms with Crippen molar-refractivity contribution in [1.82, 2.24) is 0 Å². The monoisotopic (exact) mass is 252 g/mol. The predicted molar refractivity (Wildman–Crippen MR) is 66.5 cm³/mol. The molecule has 0 fully saturated rings. The Morgan fingerprint density at radius 1 is 1.11 bits per heavy atom. The highest BCUT2D eigenvalue weighted by Gasteiger charge is 2.42. The van der Waals surface area contributed by atoms with Gasteiger partial charge in [-0.15, -0.1) is 0 Å². The van der Waals surface area contributed by atoms with Crippen LogP contribution in [0, 0.1) is 20.2 Å². The van der Waals surface area contributed by atoms with Crippen LogP contribution in [0.2, 0.25) is 0 Å². The molecular formula is C12H16N2O4. The Balaban J connectivity index is 3.03. The number of unbranched alkanes of at least 4 members (excludes halogenated alkanes) is 1. The van der Waals surface area contributed by atoms with Gasteiger partial charge in [0.05, 0.1) is 9.85 Å². The number of benzene rings is 1. The van der Waals surface area contributed by atoms with Crippen molar-refractivity contribution in [2.75, 3.05) is 0 Å². The summed E-state index contributed by atoms with van der Waals surface area (Å²) in [6.07, 6.45) is 0.273. The number of hydrogen-bond donors (Lipinski definition) is 0. The van der Waals surface area contributed by atoms with E-state index in [1.54, 1.807) is 30.3 Å². The van der Waals surface area contributed by atoms with Crippen molar-refractivity contribution in [3.05, 3.63) is 56.1 Å². The lowest BCUT2D eigenvalue weighted by Crippen LogP contribution is -2.35. The molecule has 98 valence electrons. The molecule has 1 atom stereocenters. The van der Waals surface area contributed by atoms with Crippen LogP contribution in [0.15, 0.2) is 30.3 Å². The Bertz CT molecular complexity index is 394. The highest BCUT2D eigenvalue weighted by atomic mass is 16.7. The van der Waals surface area contributed by atoms with Gasteiger partial charge in [0.1, 0.15) is 5.92 Å². The fourth-order valence-corrected chi connectivity index (χ4v) is 1.98. The summed E-state index contributed by atoms with van der Waals surface area (Å²) < 4.78 is 0. The third-order valence-corrected chi connectivity index (χ3v) is 2.89. The molecule has 0 aromatic heterocycles. The zero-order valence-corrected chi connectivity index (χ0v) is 10.2. The van der Waals surface area contributed by atoms with E-state index >= 15 is 0 Å². The van der Waals surface area contributed by atoms with E-state index in [1.807, 2.05) is 6.92 Å². The number of hydrogen-bond acceptors (Lipinski definition) is 4. The van der Waals surface area contributed by atoms with Gasteiger partial charge in [-0.25, -0.2) is 0 Å². The van der Waals surface area contributed by atoms with E-state index in [1.165, 1.54) is 0 Å². The SMILES string of the molecule is CCCCC(c1ccccc1)C([N+](=O)[O-])[N+](=O)[O-]. The van der Waals surface area contributed by atoms with Gasteiger partial charge < -0.3 is 0 Å². The highest BCUT2D eigenvalue weighted by molar-refractivity contribution is 5.20. The molecule has 0 N–H and O–H groups in total. The molecule has 0 aliphatic heterocycles. The van der Waals surface area contributed by atoms with Gasteiger partial charge in [0, 0.05) is 0 Å². The third-order valence-electron chi connectivity index (χ3n) is 2.89. The summed E-state index contributed by atoms with van der Waals surface area (Å²) in [5.74, 6) is -0.670. The quantitative estimate of drug-likeness (QED) is 0.424. The summed E-state index contributed by atoms with van der Waals surface area (Å²) in [6, 6.07) is 8.69. The van der Waals surface area contributed by atoms with Crippen molar-refractivity contribution >= 4 is 0 Å². The van der Waals surface area contributed by atoms with Crippen LogP contribution in [0.4, 0.5) is 0 Å². The maximum atomic E-state index is 10.9. The van der Waals surface area contributed by atoms with Crippen molar-refractivity contribution in [2.45, 2.75) is 38.3 Å². The van der Waals surface area contributed by atoms with Crippen LogP contribution in [0.5, 0.6) is 0 Å². The molecular weight excluding hydrogens is 236 g/mol. The second-order valence-corrected chi connectivity index (χ2v) is 4.14. The van der Waals surface area contributed by atoms with Crippen LogP contribution in [-0.4, -0.2) is 16.0 Å². The standard InChI is InChI=1S/C12H16N2O4/c1-2-3-9-11(10-7-5-4-6-8-10)12(13(15)16)14(17)18/h4-8,11-12H,2-3,9H2,1H3. The molecule has 0 spiro atoms. The van der Waals surface area contributed by atoms with Crippen molar-refractivity contribution in [1.29, 1.82) is 0 Å². The second kappa shape index (κ2) is 6.68. The van der Waals surface area contributed by atoms with Crippen LogP contribution in [0.25, 0.3) is 0 Å². The van der Waals surface area contributed by atoms with Gasteiger partial charge >= 0.3 is 6.17 Å². The highest BCUT2D eigenvalue weighted by Crippen LogP contribution is 2.27. The molecule has 0 aliphatic rings. The van der Waals surface area contributed by atoms with Crippen LogP contribution in [-0.2, 0) is 0 Å². The van der Waals surface area contributed by atoms with Gasteiger partial charge in [-0.1, -0.05) is 50.1 Å². The molecule has 1 aromatic carbocycles.